The van der Waals surface area contributed by atoms with Gasteiger partial charge in [0.25, 0.3) is 5.91 Å². The number of benzene rings is 3. The van der Waals surface area contributed by atoms with Gasteiger partial charge in [0.05, 0.1) is 5.75 Å². The first-order chi connectivity index (χ1) is 18.0. The van der Waals surface area contributed by atoms with Crippen LogP contribution in [-0.4, -0.2) is 29.0 Å². The summed E-state index contributed by atoms with van der Waals surface area (Å²) in [5, 5.41) is 6.01. The molecule has 0 radical (unpaired) electrons. The molecular weight excluding hydrogens is 482 g/mol. The van der Waals surface area contributed by atoms with Gasteiger partial charge in [-0.05, 0) is 55.2 Å². The summed E-state index contributed by atoms with van der Waals surface area (Å²) in [5.41, 5.74) is 2.91. The van der Waals surface area contributed by atoms with E-state index in [1.54, 1.807) is 34.9 Å². The van der Waals surface area contributed by atoms with E-state index in [2.05, 4.69) is 10.6 Å². The van der Waals surface area contributed by atoms with E-state index in [0.29, 0.717) is 29.8 Å². The fraction of sp³-hybridized carbons (Fsp3) is 0.300. The van der Waals surface area contributed by atoms with Gasteiger partial charge in [0, 0.05) is 16.9 Å². The number of thioether (sulfide) groups is 1. The largest absolute Gasteiger partial charge is 0.338 e. The van der Waals surface area contributed by atoms with Crippen molar-refractivity contribution in [2.75, 3.05) is 16.0 Å². The van der Waals surface area contributed by atoms with Crippen LogP contribution in [0.5, 0.6) is 0 Å². The SMILES string of the molecule is Cc1ccccc1NC(=O)C1(NC(=O)c2cccc(N3C(=O)CS[C@H]3c3ccccc3)c2)CCCCC1. The second-order valence-electron chi connectivity index (χ2n) is 9.75. The minimum atomic E-state index is -0.973. The Morgan fingerprint density at radius 1 is 0.919 bits per heavy atom. The van der Waals surface area contributed by atoms with Crippen molar-refractivity contribution < 1.29 is 14.4 Å². The predicted molar refractivity (Wildman–Crippen MR) is 149 cm³/mol. The quantitative estimate of drug-likeness (QED) is 0.434. The van der Waals surface area contributed by atoms with Crippen molar-refractivity contribution in [3.63, 3.8) is 0 Å². The first kappa shape index (κ1) is 25.1. The summed E-state index contributed by atoms with van der Waals surface area (Å²) in [6.07, 6.45) is 3.97. The number of aryl methyl sites for hydroxylation is 1. The fourth-order valence-corrected chi connectivity index (χ4v) is 6.35. The van der Waals surface area contributed by atoms with Gasteiger partial charge in [-0.15, -0.1) is 11.8 Å². The standard InChI is InChI=1S/C30H31N3O3S/c1-21-11-6-7-16-25(21)31-29(36)30(17-8-3-9-18-30)32-27(35)23-14-10-15-24(19-23)33-26(34)20-37-28(33)22-12-4-2-5-13-22/h2,4-7,10-16,19,28H,3,8-9,17-18,20H2,1H3,(H,31,36)(H,32,35)/t28-/m0/s1. The predicted octanol–water partition coefficient (Wildman–Crippen LogP) is 5.85. The molecule has 3 aromatic rings. The number of hydrogen-bond donors (Lipinski definition) is 2. The Balaban J connectivity index is 1.39. The Hall–Kier alpha value is -3.58. The molecule has 2 aliphatic rings. The summed E-state index contributed by atoms with van der Waals surface area (Å²) in [4.78, 5) is 41.7. The van der Waals surface area contributed by atoms with Gasteiger partial charge in [0.2, 0.25) is 11.8 Å². The molecule has 0 bridgehead atoms. The van der Waals surface area contributed by atoms with Gasteiger partial charge in [0.1, 0.15) is 10.9 Å². The second kappa shape index (κ2) is 10.8. The van der Waals surface area contributed by atoms with E-state index in [-0.39, 0.29) is 23.1 Å². The molecule has 1 heterocycles. The highest BCUT2D eigenvalue weighted by Crippen LogP contribution is 2.42. The van der Waals surface area contributed by atoms with Crippen molar-refractivity contribution in [2.24, 2.45) is 0 Å². The van der Waals surface area contributed by atoms with E-state index in [9.17, 15) is 14.4 Å². The molecule has 7 heteroatoms. The van der Waals surface area contributed by atoms with Crippen molar-refractivity contribution in [1.82, 2.24) is 5.32 Å². The Labute approximate surface area is 221 Å². The molecular formula is C30H31N3O3S. The number of hydrogen-bond acceptors (Lipinski definition) is 4. The molecule has 0 spiro atoms. The molecule has 1 saturated heterocycles. The molecule has 190 valence electrons. The van der Waals surface area contributed by atoms with E-state index in [1.165, 1.54) is 0 Å². The van der Waals surface area contributed by atoms with Gasteiger partial charge in [0.15, 0.2) is 0 Å². The molecule has 1 aliphatic heterocycles. The van der Waals surface area contributed by atoms with Crippen LogP contribution in [0, 0.1) is 6.92 Å². The third-order valence-electron chi connectivity index (χ3n) is 7.23. The molecule has 1 atom stereocenters. The molecule has 1 saturated carbocycles. The molecule has 2 N–H and O–H groups in total. The van der Waals surface area contributed by atoms with Crippen molar-refractivity contribution in [1.29, 1.82) is 0 Å². The van der Waals surface area contributed by atoms with Gasteiger partial charge >= 0.3 is 0 Å². The molecule has 5 rings (SSSR count). The lowest BCUT2D eigenvalue weighted by Gasteiger charge is -2.37. The monoisotopic (exact) mass is 513 g/mol. The topological polar surface area (TPSA) is 78.5 Å². The van der Waals surface area contributed by atoms with E-state index < -0.39 is 5.54 Å². The Morgan fingerprint density at radius 3 is 2.41 bits per heavy atom. The number of rotatable bonds is 6. The molecule has 3 amide bonds. The lowest BCUT2D eigenvalue weighted by Crippen LogP contribution is -2.57. The lowest BCUT2D eigenvalue weighted by atomic mass is 9.80. The fourth-order valence-electron chi connectivity index (χ4n) is 5.17. The van der Waals surface area contributed by atoms with E-state index in [0.717, 1.165) is 36.1 Å². The summed E-state index contributed by atoms with van der Waals surface area (Å²) in [6, 6.07) is 24.7. The molecule has 0 unspecified atom stereocenters. The zero-order valence-electron chi connectivity index (χ0n) is 20.9. The molecule has 6 nitrogen and oxygen atoms in total. The van der Waals surface area contributed by atoms with Gasteiger partial charge in [-0.2, -0.15) is 0 Å². The number of amides is 3. The highest BCUT2D eigenvalue weighted by molar-refractivity contribution is 8.00. The van der Waals surface area contributed by atoms with Crippen LogP contribution in [0.3, 0.4) is 0 Å². The zero-order valence-corrected chi connectivity index (χ0v) is 21.7. The normalized spacial score (nSPS) is 18.9. The Morgan fingerprint density at radius 2 is 1.65 bits per heavy atom. The van der Waals surface area contributed by atoms with Crippen LogP contribution in [0.1, 0.15) is 59.0 Å². The average molecular weight is 514 g/mol. The van der Waals surface area contributed by atoms with Crippen LogP contribution < -0.4 is 15.5 Å². The number of nitrogens with one attached hydrogen (secondary N) is 2. The average Bonchev–Trinajstić information content (AvgIpc) is 3.32. The maximum Gasteiger partial charge on any atom is 0.252 e. The first-order valence-electron chi connectivity index (χ1n) is 12.8. The minimum Gasteiger partial charge on any atom is -0.338 e. The summed E-state index contributed by atoms with van der Waals surface area (Å²) in [5.74, 6) is -0.0867. The van der Waals surface area contributed by atoms with Gasteiger partial charge in [-0.1, -0.05) is 73.9 Å². The second-order valence-corrected chi connectivity index (χ2v) is 10.8. The van der Waals surface area contributed by atoms with E-state index >= 15 is 0 Å². The molecule has 3 aromatic carbocycles. The zero-order chi connectivity index (χ0) is 25.8. The third-order valence-corrected chi connectivity index (χ3v) is 8.44. The van der Waals surface area contributed by atoms with Crippen LogP contribution in [0.4, 0.5) is 11.4 Å². The van der Waals surface area contributed by atoms with Crippen molar-refractivity contribution in [3.05, 3.63) is 95.6 Å². The minimum absolute atomic E-state index is 0.0118. The Bertz CT molecular complexity index is 1300. The summed E-state index contributed by atoms with van der Waals surface area (Å²) in [7, 11) is 0. The third kappa shape index (κ3) is 5.27. The number of carbonyl (C=O) groups is 3. The molecule has 2 fully saturated rings. The summed E-state index contributed by atoms with van der Waals surface area (Å²) < 4.78 is 0. The summed E-state index contributed by atoms with van der Waals surface area (Å²) >= 11 is 1.58. The van der Waals surface area contributed by atoms with Crippen molar-refractivity contribution in [2.45, 2.75) is 49.9 Å². The van der Waals surface area contributed by atoms with Crippen molar-refractivity contribution >= 4 is 40.9 Å². The molecule has 37 heavy (non-hydrogen) atoms. The molecule has 0 aromatic heterocycles. The van der Waals surface area contributed by atoms with Gasteiger partial charge < -0.3 is 10.6 Å². The van der Waals surface area contributed by atoms with Crippen LogP contribution in [0.25, 0.3) is 0 Å². The molecule has 1 aliphatic carbocycles. The maximum absolute atomic E-state index is 13.5. The highest BCUT2D eigenvalue weighted by atomic mass is 32.2. The van der Waals surface area contributed by atoms with Crippen LogP contribution >= 0.6 is 11.8 Å². The number of carbonyl (C=O) groups excluding carboxylic acids is 3. The smallest absolute Gasteiger partial charge is 0.252 e. The summed E-state index contributed by atoms with van der Waals surface area (Å²) in [6.45, 7) is 1.95. The number of anilines is 2. The van der Waals surface area contributed by atoms with E-state index in [4.69, 9.17) is 0 Å². The highest BCUT2D eigenvalue weighted by Gasteiger charge is 2.41. The van der Waals surface area contributed by atoms with Crippen LogP contribution in [-0.2, 0) is 9.59 Å². The first-order valence-corrected chi connectivity index (χ1v) is 13.8. The number of para-hydroxylation sites is 1. The number of nitrogens with zero attached hydrogens (tertiary/aromatic N) is 1. The van der Waals surface area contributed by atoms with Crippen LogP contribution in [0.2, 0.25) is 0 Å². The maximum atomic E-state index is 13.5. The Kier molecular flexibility index (Phi) is 7.33. The van der Waals surface area contributed by atoms with Gasteiger partial charge in [-0.3, -0.25) is 19.3 Å². The lowest BCUT2D eigenvalue weighted by molar-refractivity contribution is -0.123. The van der Waals surface area contributed by atoms with Crippen LogP contribution in [0.15, 0.2) is 78.9 Å². The van der Waals surface area contributed by atoms with Gasteiger partial charge in [-0.25, -0.2) is 0 Å². The van der Waals surface area contributed by atoms with E-state index in [1.807, 2.05) is 67.6 Å². The van der Waals surface area contributed by atoms with Crippen molar-refractivity contribution in [3.8, 4) is 0 Å².